The molecule has 1 saturated heterocycles. The first-order valence-corrected chi connectivity index (χ1v) is 5.49. The number of nitrogens with zero attached hydrogens (tertiary/aromatic N) is 1. The molecule has 2 fully saturated rings. The lowest BCUT2D eigenvalue weighted by Gasteiger charge is -2.30. The van der Waals surface area contributed by atoms with Gasteiger partial charge in [-0.05, 0) is 12.8 Å². The summed E-state index contributed by atoms with van der Waals surface area (Å²) < 4.78 is 0. The molecule has 2 rings (SSSR count). The van der Waals surface area contributed by atoms with Crippen molar-refractivity contribution in [2.24, 2.45) is 11.7 Å². The highest BCUT2D eigenvalue weighted by atomic mass is 35.5. The summed E-state index contributed by atoms with van der Waals surface area (Å²) in [6.45, 7) is 1.38. The van der Waals surface area contributed by atoms with Gasteiger partial charge in [-0.2, -0.15) is 0 Å². The van der Waals surface area contributed by atoms with E-state index in [4.69, 9.17) is 5.73 Å². The molecule has 3 N–H and O–H groups in total. The van der Waals surface area contributed by atoms with E-state index in [1.165, 1.54) is 0 Å². The van der Waals surface area contributed by atoms with Crippen LogP contribution in [0.25, 0.3) is 0 Å². The van der Waals surface area contributed by atoms with Crippen LogP contribution in [0.1, 0.15) is 19.3 Å². The summed E-state index contributed by atoms with van der Waals surface area (Å²) in [5, 5.41) is 2.70. The maximum absolute atomic E-state index is 12.0. The maximum Gasteiger partial charge on any atom is 0.239 e. The topological polar surface area (TPSA) is 75.4 Å². The second kappa shape index (κ2) is 5.50. The first-order chi connectivity index (χ1) is 7.18. The van der Waals surface area contributed by atoms with E-state index in [1.54, 1.807) is 4.90 Å². The average Bonchev–Trinajstić information content (AvgIpc) is 2.63. The summed E-state index contributed by atoms with van der Waals surface area (Å²) in [4.78, 5) is 24.8. The Labute approximate surface area is 101 Å². The van der Waals surface area contributed by atoms with Crippen molar-refractivity contribution in [2.45, 2.75) is 25.3 Å². The minimum absolute atomic E-state index is 0. The van der Waals surface area contributed by atoms with Gasteiger partial charge in [-0.1, -0.05) is 6.42 Å². The molecular weight excluding hydrogens is 230 g/mol. The number of hydrogen-bond acceptors (Lipinski definition) is 3. The van der Waals surface area contributed by atoms with Gasteiger partial charge in [0, 0.05) is 19.1 Å². The van der Waals surface area contributed by atoms with Crippen LogP contribution in [0.2, 0.25) is 0 Å². The van der Waals surface area contributed by atoms with E-state index < -0.39 is 0 Å². The molecule has 16 heavy (non-hydrogen) atoms. The Kier molecular flexibility index (Phi) is 4.56. The number of nitrogens with one attached hydrogen (secondary N) is 1. The van der Waals surface area contributed by atoms with Gasteiger partial charge >= 0.3 is 0 Å². The summed E-state index contributed by atoms with van der Waals surface area (Å²) >= 11 is 0. The molecular formula is C10H18ClN3O2. The van der Waals surface area contributed by atoms with Crippen molar-refractivity contribution in [2.75, 3.05) is 19.6 Å². The van der Waals surface area contributed by atoms with Crippen LogP contribution in [-0.2, 0) is 9.59 Å². The van der Waals surface area contributed by atoms with Crippen molar-refractivity contribution < 1.29 is 9.59 Å². The predicted molar refractivity (Wildman–Crippen MR) is 62.2 cm³/mol. The standard InChI is InChI=1S/C10H17N3O2.ClH/c11-8-3-1-2-7(8)10(15)13-5-4-12-9(14)6-13;/h7-8H,1-6,11H2,(H,12,14);1H. The number of carbonyl (C=O) groups is 2. The molecule has 5 nitrogen and oxygen atoms in total. The lowest BCUT2D eigenvalue weighted by Crippen LogP contribution is -2.53. The van der Waals surface area contributed by atoms with E-state index in [1.807, 2.05) is 0 Å². The highest BCUT2D eigenvalue weighted by molar-refractivity contribution is 5.87. The maximum atomic E-state index is 12.0. The van der Waals surface area contributed by atoms with Gasteiger partial charge in [0.05, 0.1) is 12.5 Å². The Bertz CT molecular complexity index is 285. The van der Waals surface area contributed by atoms with Crippen LogP contribution in [0.5, 0.6) is 0 Å². The zero-order valence-corrected chi connectivity index (χ0v) is 9.96. The molecule has 1 saturated carbocycles. The van der Waals surface area contributed by atoms with Crippen molar-refractivity contribution in [3.63, 3.8) is 0 Å². The third kappa shape index (κ3) is 2.65. The number of hydrogen-bond donors (Lipinski definition) is 2. The van der Waals surface area contributed by atoms with Crippen molar-refractivity contribution in [3.8, 4) is 0 Å². The molecule has 0 radical (unpaired) electrons. The molecule has 0 spiro atoms. The van der Waals surface area contributed by atoms with Crippen LogP contribution in [-0.4, -0.2) is 42.4 Å². The summed E-state index contributed by atoms with van der Waals surface area (Å²) in [6.07, 6.45) is 2.83. The molecule has 1 heterocycles. The Balaban J connectivity index is 0.00000128. The molecule has 2 amide bonds. The van der Waals surface area contributed by atoms with Gasteiger partial charge in [0.15, 0.2) is 0 Å². The van der Waals surface area contributed by atoms with E-state index in [0.29, 0.717) is 13.1 Å². The third-order valence-corrected chi connectivity index (χ3v) is 3.24. The van der Waals surface area contributed by atoms with Crippen molar-refractivity contribution in [1.29, 1.82) is 0 Å². The van der Waals surface area contributed by atoms with Crippen molar-refractivity contribution >= 4 is 24.2 Å². The fourth-order valence-corrected chi connectivity index (χ4v) is 2.36. The predicted octanol–water partition coefficient (Wildman–Crippen LogP) is -0.506. The molecule has 2 aliphatic rings. The highest BCUT2D eigenvalue weighted by Crippen LogP contribution is 2.25. The largest absolute Gasteiger partial charge is 0.353 e. The SMILES string of the molecule is Cl.NC1CCCC1C(=O)N1CCNC(=O)C1. The Hall–Kier alpha value is -0.810. The monoisotopic (exact) mass is 247 g/mol. The number of halogens is 1. The van der Waals surface area contributed by atoms with Crippen LogP contribution in [0, 0.1) is 5.92 Å². The number of rotatable bonds is 1. The van der Waals surface area contributed by atoms with Gasteiger partial charge in [0.25, 0.3) is 0 Å². The molecule has 92 valence electrons. The van der Waals surface area contributed by atoms with Gasteiger partial charge in [-0.15, -0.1) is 12.4 Å². The minimum atomic E-state index is -0.0684. The van der Waals surface area contributed by atoms with Gasteiger partial charge in [0.2, 0.25) is 11.8 Å². The van der Waals surface area contributed by atoms with E-state index in [9.17, 15) is 9.59 Å². The molecule has 2 atom stereocenters. The van der Waals surface area contributed by atoms with Crippen LogP contribution in [0.15, 0.2) is 0 Å². The van der Waals surface area contributed by atoms with Crippen LogP contribution >= 0.6 is 12.4 Å². The quantitative estimate of drug-likeness (QED) is 0.656. The van der Waals surface area contributed by atoms with Crippen LogP contribution in [0.3, 0.4) is 0 Å². The summed E-state index contributed by atoms with van der Waals surface area (Å²) in [7, 11) is 0. The lowest BCUT2D eigenvalue weighted by molar-refractivity contribution is -0.141. The second-order valence-corrected chi connectivity index (χ2v) is 4.31. The first-order valence-electron chi connectivity index (χ1n) is 5.49. The second-order valence-electron chi connectivity index (χ2n) is 4.31. The van der Waals surface area contributed by atoms with Gasteiger partial charge in [0.1, 0.15) is 0 Å². The van der Waals surface area contributed by atoms with Gasteiger partial charge < -0.3 is 16.0 Å². The third-order valence-electron chi connectivity index (χ3n) is 3.24. The molecule has 6 heteroatoms. The van der Waals surface area contributed by atoms with Crippen LogP contribution in [0.4, 0.5) is 0 Å². The number of nitrogens with two attached hydrogens (primary N) is 1. The summed E-state index contributed by atoms with van der Waals surface area (Å²) in [5.74, 6) is -0.0630. The zero-order valence-electron chi connectivity index (χ0n) is 9.15. The summed E-state index contributed by atoms with van der Waals surface area (Å²) in [6, 6.07) is -0.0116. The minimum Gasteiger partial charge on any atom is -0.353 e. The first kappa shape index (κ1) is 13.3. The van der Waals surface area contributed by atoms with Crippen LogP contribution < -0.4 is 11.1 Å². The Morgan fingerprint density at radius 3 is 2.75 bits per heavy atom. The van der Waals surface area contributed by atoms with Crippen molar-refractivity contribution in [1.82, 2.24) is 10.2 Å². The average molecular weight is 248 g/mol. The molecule has 0 aromatic rings. The normalized spacial score (nSPS) is 29.6. The smallest absolute Gasteiger partial charge is 0.239 e. The van der Waals surface area contributed by atoms with E-state index >= 15 is 0 Å². The Morgan fingerprint density at radius 1 is 1.44 bits per heavy atom. The number of piperazine rings is 1. The number of amides is 2. The molecule has 2 unspecified atom stereocenters. The molecule has 0 bridgehead atoms. The zero-order chi connectivity index (χ0) is 10.8. The van der Waals surface area contributed by atoms with Gasteiger partial charge in [-0.25, -0.2) is 0 Å². The van der Waals surface area contributed by atoms with Gasteiger partial charge in [-0.3, -0.25) is 9.59 Å². The molecule has 1 aliphatic heterocycles. The fourth-order valence-electron chi connectivity index (χ4n) is 2.36. The fraction of sp³-hybridized carbons (Fsp3) is 0.800. The van der Waals surface area contributed by atoms with E-state index in [2.05, 4.69) is 5.32 Å². The van der Waals surface area contributed by atoms with E-state index in [-0.39, 0.29) is 42.7 Å². The highest BCUT2D eigenvalue weighted by Gasteiger charge is 2.34. The van der Waals surface area contributed by atoms with E-state index in [0.717, 1.165) is 19.3 Å². The lowest BCUT2D eigenvalue weighted by atomic mass is 10.0. The molecule has 1 aliphatic carbocycles. The molecule has 0 aromatic carbocycles. The number of carbonyl (C=O) groups excluding carboxylic acids is 2. The molecule has 0 aromatic heterocycles. The van der Waals surface area contributed by atoms with Crippen molar-refractivity contribution in [3.05, 3.63) is 0 Å². The summed E-state index contributed by atoms with van der Waals surface area (Å²) in [5.41, 5.74) is 5.87. The Morgan fingerprint density at radius 2 is 2.19 bits per heavy atom.